The van der Waals surface area contributed by atoms with E-state index in [0.717, 1.165) is 11.6 Å². The normalized spacial score (nSPS) is 20.4. The molecule has 2 aromatic carbocycles. The van der Waals surface area contributed by atoms with Crippen molar-refractivity contribution < 1.29 is 43.2 Å². The van der Waals surface area contributed by atoms with Crippen molar-refractivity contribution in [1.82, 2.24) is 10.2 Å². The van der Waals surface area contributed by atoms with Gasteiger partial charge in [-0.15, -0.1) is 0 Å². The van der Waals surface area contributed by atoms with Crippen molar-refractivity contribution in [2.24, 2.45) is 11.8 Å². The predicted octanol–water partition coefficient (Wildman–Crippen LogP) is 3.46. The molecule has 2 aromatic rings. The molecule has 1 unspecified atom stereocenters. The summed E-state index contributed by atoms with van der Waals surface area (Å²) in [7, 11) is 4.52. The van der Waals surface area contributed by atoms with Crippen LogP contribution in [0.4, 0.5) is 0 Å². The maximum Gasteiger partial charge on any atom is 0.310 e. The number of aromatic hydroxyl groups is 1. The number of hydrogen-bond acceptors (Lipinski definition) is 9. The number of fused-ring (bicyclic) bond motifs is 2. The number of amides is 2. The third kappa shape index (κ3) is 6.85. The van der Waals surface area contributed by atoms with Crippen LogP contribution >= 0.6 is 0 Å². The number of nitrogens with one attached hydrogen (secondary N) is 1. The van der Waals surface area contributed by atoms with E-state index in [1.54, 1.807) is 18.2 Å². The van der Waals surface area contributed by atoms with Gasteiger partial charge in [-0.3, -0.25) is 19.2 Å². The van der Waals surface area contributed by atoms with Crippen LogP contribution in [-0.4, -0.2) is 83.2 Å². The summed E-state index contributed by atoms with van der Waals surface area (Å²) in [5, 5.41) is 13.0. The molecule has 0 radical (unpaired) electrons. The molecule has 3 aliphatic rings. The molecule has 0 heterocycles. The fraction of sp³-hybridized carbons (Fsp3) is 0.500. The van der Waals surface area contributed by atoms with Gasteiger partial charge in [-0.05, 0) is 29.3 Å². The van der Waals surface area contributed by atoms with Gasteiger partial charge in [0, 0.05) is 39.6 Å². The van der Waals surface area contributed by atoms with Gasteiger partial charge in [0.25, 0.3) is 0 Å². The van der Waals surface area contributed by atoms with E-state index < -0.39 is 49.5 Å². The highest BCUT2D eigenvalue weighted by atomic mass is 28.3. The Balaban J connectivity index is 1.54. The Hall–Kier alpha value is -4.06. The topological polar surface area (TPSA) is 141 Å². The van der Waals surface area contributed by atoms with E-state index >= 15 is 0 Å². The van der Waals surface area contributed by atoms with Crippen LogP contribution < -0.4 is 19.5 Å². The molecule has 0 aliphatic heterocycles. The number of benzene rings is 2. The number of hydrogen-bond donors (Lipinski definition) is 2. The van der Waals surface area contributed by atoms with Crippen LogP contribution in [0.1, 0.15) is 34.9 Å². The van der Waals surface area contributed by atoms with Crippen molar-refractivity contribution >= 4 is 31.6 Å². The number of ketones is 1. The lowest BCUT2D eigenvalue weighted by Gasteiger charge is -2.47. The van der Waals surface area contributed by atoms with Gasteiger partial charge in [0.1, 0.15) is 28.8 Å². The van der Waals surface area contributed by atoms with Crippen LogP contribution in [0.2, 0.25) is 25.7 Å². The van der Waals surface area contributed by atoms with Crippen molar-refractivity contribution in [3.63, 3.8) is 0 Å². The van der Waals surface area contributed by atoms with Crippen LogP contribution in [0, 0.1) is 11.8 Å². The molecule has 1 fully saturated rings. The van der Waals surface area contributed by atoms with E-state index in [4.69, 9.17) is 18.9 Å². The number of carbonyl (C=O) groups is 4. The first-order valence-electron chi connectivity index (χ1n) is 14.6. The van der Waals surface area contributed by atoms with E-state index in [2.05, 4.69) is 25.0 Å². The Kier molecular flexibility index (Phi) is 9.92. The number of methoxy groups -OCH3 is 3. The smallest absolute Gasteiger partial charge is 0.310 e. The Labute approximate surface area is 258 Å². The van der Waals surface area contributed by atoms with Crippen molar-refractivity contribution in [1.29, 1.82) is 0 Å². The monoisotopic (exact) mass is 626 g/mol. The second-order valence-electron chi connectivity index (χ2n) is 12.6. The summed E-state index contributed by atoms with van der Waals surface area (Å²) in [5.41, 5.74) is 1.92. The molecule has 44 heavy (non-hydrogen) atoms. The van der Waals surface area contributed by atoms with Gasteiger partial charge in [-0.2, -0.15) is 0 Å². The van der Waals surface area contributed by atoms with Crippen molar-refractivity contribution in [2.45, 2.75) is 50.5 Å². The molecule has 0 saturated heterocycles. The summed E-state index contributed by atoms with van der Waals surface area (Å²) in [6, 6.07) is 8.84. The molecule has 0 spiro atoms. The highest BCUT2D eigenvalue weighted by molar-refractivity contribution is 6.76. The number of esters is 1. The number of nitrogens with zero attached hydrogens (tertiary/aromatic N) is 1. The van der Waals surface area contributed by atoms with E-state index in [1.807, 2.05) is 0 Å². The first-order chi connectivity index (χ1) is 20.8. The molecule has 2 N–H and O–H groups in total. The van der Waals surface area contributed by atoms with Crippen LogP contribution in [-0.2, 0) is 30.5 Å². The van der Waals surface area contributed by atoms with E-state index in [9.17, 15) is 24.3 Å². The van der Waals surface area contributed by atoms with Gasteiger partial charge in [0.2, 0.25) is 11.8 Å². The molecule has 5 rings (SSSR count). The van der Waals surface area contributed by atoms with Crippen LogP contribution in [0.3, 0.4) is 0 Å². The molecule has 1 saturated carbocycles. The minimum absolute atomic E-state index is 0.0169. The second-order valence-corrected chi connectivity index (χ2v) is 18.2. The zero-order valence-electron chi connectivity index (χ0n) is 26.4. The maximum absolute atomic E-state index is 14.0. The number of Topliss-reactive ketones (excluding diaryl/α,β-unsaturated/α-hetero) is 1. The highest BCUT2D eigenvalue weighted by Crippen LogP contribution is 2.55. The highest BCUT2D eigenvalue weighted by Gasteiger charge is 2.57. The summed E-state index contributed by atoms with van der Waals surface area (Å²) in [6.07, 6.45) is 0.0919. The third-order valence-corrected chi connectivity index (χ3v) is 10.1. The summed E-state index contributed by atoms with van der Waals surface area (Å²) >= 11 is 0. The molecule has 3 aliphatic carbocycles. The maximum atomic E-state index is 14.0. The van der Waals surface area contributed by atoms with E-state index in [1.165, 1.54) is 45.4 Å². The first-order valence-corrected chi connectivity index (χ1v) is 18.3. The average molecular weight is 627 g/mol. The largest absolute Gasteiger partial charge is 0.508 e. The third-order valence-electron chi connectivity index (χ3n) is 8.44. The van der Waals surface area contributed by atoms with Gasteiger partial charge in [0.05, 0.1) is 64.3 Å². The minimum atomic E-state index is -1.51. The summed E-state index contributed by atoms with van der Waals surface area (Å²) in [6.45, 7) is 6.50. The zero-order valence-corrected chi connectivity index (χ0v) is 27.4. The molecule has 0 aromatic heterocycles. The van der Waals surface area contributed by atoms with Crippen LogP contribution in [0.25, 0.3) is 0 Å². The number of ether oxygens (including phenoxy) is 4. The Bertz CT molecular complexity index is 1410. The van der Waals surface area contributed by atoms with E-state index in [-0.39, 0.29) is 37.6 Å². The fourth-order valence-electron chi connectivity index (χ4n) is 6.17. The Morgan fingerprint density at radius 2 is 1.64 bits per heavy atom. The molecule has 238 valence electrons. The fourth-order valence-corrected chi connectivity index (χ4v) is 6.89. The minimum Gasteiger partial charge on any atom is -0.508 e. The number of carbonyl (C=O) groups excluding carboxylic acids is 4. The van der Waals surface area contributed by atoms with Crippen LogP contribution in [0.5, 0.6) is 23.0 Å². The number of phenolic OH excluding ortho intramolecular Hbond substituents is 1. The van der Waals surface area contributed by atoms with Crippen molar-refractivity contribution in [3.05, 3.63) is 47.0 Å². The standard InChI is InChI=1S/C32H42N2O9Si/c1-34(17-27(37)33-16-23-25(41-3)13-19(40-2)14-26(23)42-4)31(38)29-22-15-24(36)28(21-12-18(35)8-9-20(21)22)30(29)32(39)43-10-11-44(5,6)7/h8-9,12-14,22,28-30,35H,10-11,15-17H2,1-7H3,(H,33,37)/t22?,28-,29-,30+/m1/s1. The molecule has 2 amide bonds. The number of likely N-dealkylation sites (N-methyl/N-ethyl adjacent to an activating group) is 1. The van der Waals surface area contributed by atoms with Gasteiger partial charge >= 0.3 is 5.97 Å². The summed E-state index contributed by atoms with van der Waals surface area (Å²) < 4.78 is 21.9. The molecular weight excluding hydrogens is 584 g/mol. The summed E-state index contributed by atoms with van der Waals surface area (Å²) in [5.74, 6) is -3.61. The lowest BCUT2D eigenvalue weighted by atomic mass is 9.55. The van der Waals surface area contributed by atoms with Gasteiger partial charge in [-0.1, -0.05) is 25.7 Å². The Morgan fingerprint density at radius 3 is 2.23 bits per heavy atom. The lowest BCUT2D eigenvalue weighted by Crippen LogP contribution is -2.54. The predicted molar refractivity (Wildman–Crippen MR) is 165 cm³/mol. The van der Waals surface area contributed by atoms with Crippen molar-refractivity contribution in [3.8, 4) is 23.0 Å². The molecule has 2 bridgehead atoms. The van der Waals surface area contributed by atoms with Gasteiger partial charge < -0.3 is 34.3 Å². The van der Waals surface area contributed by atoms with Crippen LogP contribution in [0.15, 0.2) is 30.3 Å². The summed E-state index contributed by atoms with van der Waals surface area (Å²) in [4.78, 5) is 55.2. The van der Waals surface area contributed by atoms with Gasteiger partial charge in [0.15, 0.2) is 0 Å². The first kappa shape index (κ1) is 32.8. The van der Waals surface area contributed by atoms with Crippen molar-refractivity contribution in [2.75, 3.05) is 41.5 Å². The van der Waals surface area contributed by atoms with Gasteiger partial charge in [-0.25, -0.2) is 0 Å². The molecule has 4 atom stereocenters. The molecule has 11 nitrogen and oxygen atoms in total. The average Bonchev–Trinajstić information content (AvgIpc) is 2.97. The zero-order chi connectivity index (χ0) is 32.3. The molecule has 12 heteroatoms. The number of phenols is 1. The molecular formula is C32H42N2O9Si. The number of rotatable bonds is 12. The lowest BCUT2D eigenvalue weighted by molar-refractivity contribution is -0.161. The quantitative estimate of drug-likeness (QED) is 0.268. The second kappa shape index (κ2) is 13.3. The SMILES string of the molecule is COc1cc(OC)c(CNC(=O)CN(C)C(=O)[C@@H]2C3CC(=O)[C@@H](c4cc(O)ccc43)[C@@H]2C(=O)OCC[Si](C)(C)C)c(OC)c1. The Morgan fingerprint density at radius 1 is 0.977 bits per heavy atom. The van der Waals surface area contributed by atoms with E-state index in [0.29, 0.717) is 28.4 Å².